The molecule has 3 aliphatic heterocycles. The van der Waals surface area contributed by atoms with Crippen LogP contribution < -0.4 is 0 Å². The third kappa shape index (κ3) is 1.47. The van der Waals surface area contributed by atoms with Crippen molar-refractivity contribution in [3.05, 3.63) is 30.1 Å². The molecule has 3 saturated heterocycles. The number of amides is 3. The third-order valence-electron chi connectivity index (χ3n) is 5.00. The van der Waals surface area contributed by atoms with E-state index >= 15 is 0 Å². The number of aromatic nitrogens is 1. The summed E-state index contributed by atoms with van der Waals surface area (Å²) in [5, 5.41) is 0. The molecule has 4 rings (SSSR count). The van der Waals surface area contributed by atoms with E-state index in [1.807, 2.05) is 6.07 Å². The van der Waals surface area contributed by atoms with Gasteiger partial charge in [0, 0.05) is 31.9 Å². The Morgan fingerprint density at radius 3 is 2.67 bits per heavy atom. The summed E-state index contributed by atoms with van der Waals surface area (Å²) in [6.45, 7) is 0. The average Bonchev–Trinajstić information content (AvgIpc) is 3.09. The van der Waals surface area contributed by atoms with Gasteiger partial charge in [0.2, 0.25) is 17.7 Å². The quantitative estimate of drug-likeness (QED) is 0.698. The first-order chi connectivity index (χ1) is 10.1. The molecule has 0 aliphatic carbocycles. The van der Waals surface area contributed by atoms with E-state index in [1.54, 1.807) is 23.4 Å². The van der Waals surface area contributed by atoms with Gasteiger partial charge in [-0.15, -0.1) is 0 Å². The van der Waals surface area contributed by atoms with E-state index in [1.165, 1.54) is 11.9 Å². The fourth-order valence-electron chi connectivity index (χ4n) is 4.13. The second-order valence-corrected chi connectivity index (χ2v) is 5.93. The van der Waals surface area contributed by atoms with Gasteiger partial charge in [-0.1, -0.05) is 6.07 Å². The molecule has 0 N–H and O–H groups in total. The fourth-order valence-corrected chi connectivity index (χ4v) is 4.13. The summed E-state index contributed by atoms with van der Waals surface area (Å²) in [7, 11) is 1.53. The molecule has 0 aromatic carbocycles. The first-order valence-corrected chi connectivity index (χ1v) is 7.14. The molecule has 4 atom stereocenters. The van der Waals surface area contributed by atoms with Crippen molar-refractivity contribution in [2.45, 2.75) is 24.9 Å². The number of fused-ring (bicyclic) bond motifs is 3. The van der Waals surface area contributed by atoms with Crippen molar-refractivity contribution in [2.75, 3.05) is 7.05 Å². The van der Waals surface area contributed by atoms with Crippen LogP contribution in [0.15, 0.2) is 24.5 Å². The molecule has 4 unspecified atom stereocenters. The Kier molecular flexibility index (Phi) is 2.46. The minimum Gasteiger partial charge on any atom is -0.331 e. The Morgan fingerprint density at radius 2 is 1.95 bits per heavy atom. The smallest absolute Gasteiger partial charge is 0.235 e. The number of hydrogen-bond donors (Lipinski definition) is 0. The summed E-state index contributed by atoms with van der Waals surface area (Å²) in [6, 6.07) is 3.17. The monoisotopic (exact) mass is 285 g/mol. The summed E-state index contributed by atoms with van der Waals surface area (Å²) in [6.07, 6.45) is 4.46. The first kappa shape index (κ1) is 12.5. The normalized spacial score (nSPS) is 34.6. The van der Waals surface area contributed by atoms with Crippen LogP contribution in [-0.4, -0.2) is 45.6 Å². The minimum atomic E-state index is -0.457. The molecule has 4 heterocycles. The van der Waals surface area contributed by atoms with Gasteiger partial charge in [0.05, 0.1) is 17.9 Å². The SMILES string of the molecule is CN1C(=O)C2C(C1=O)C(c1cccnc1)N1C(=O)CCC21. The zero-order chi connectivity index (χ0) is 14.7. The lowest BCUT2D eigenvalue weighted by molar-refractivity contribution is -0.140. The van der Waals surface area contributed by atoms with Crippen LogP contribution in [0.1, 0.15) is 24.4 Å². The van der Waals surface area contributed by atoms with Crippen LogP contribution in [-0.2, 0) is 14.4 Å². The highest BCUT2D eigenvalue weighted by molar-refractivity contribution is 6.07. The Balaban J connectivity index is 1.85. The van der Waals surface area contributed by atoms with E-state index in [-0.39, 0.29) is 35.7 Å². The first-order valence-electron chi connectivity index (χ1n) is 7.14. The van der Waals surface area contributed by atoms with E-state index in [0.717, 1.165) is 5.56 Å². The van der Waals surface area contributed by atoms with Crippen LogP contribution >= 0.6 is 0 Å². The van der Waals surface area contributed by atoms with E-state index in [9.17, 15) is 14.4 Å². The minimum absolute atomic E-state index is 0.0338. The summed E-state index contributed by atoms with van der Waals surface area (Å²) in [4.78, 5) is 44.2. The van der Waals surface area contributed by atoms with Gasteiger partial charge in [0.1, 0.15) is 0 Å². The molecule has 0 saturated carbocycles. The van der Waals surface area contributed by atoms with Gasteiger partial charge < -0.3 is 4.90 Å². The van der Waals surface area contributed by atoms with Crippen molar-refractivity contribution in [2.24, 2.45) is 11.8 Å². The zero-order valence-corrected chi connectivity index (χ0v) is 11.6. The van der Waals surface area contributed by atoms with Crippen LogP contribution in [0.5, 0.6) is 0 Å². The molecule has 21 heavy (non-hydrogen) atoms. The van der Waals surface area contributed by atoms with Gasteiger partial charge in [-0.3, -0.25) is 24.3 Å². The molecular weight excluding hydrogens is 270 g/mol. The predicted molar refractivity (Wildman–Crippen MR) is 71.6 cm³/mol. The second kappa shape index (κ2) is 4.13. The zero-order valence-electron chi connectivity index (χ0n) is 11.6. The van der Waals surface area contributed by atoms with Gasteiger partial charge in [0.25, 0.3) is 0 Å². The van der Waals surface area contributed by atoms with Gasteiger partial charge in [-0.05, 0) is 18.1 Å². The predicted octanol–water partition coefficient (Wildman–Crippen LogP) is 0.358. The second-order valence-electron chi connectivity index (χ2n) is 5.93. The van der Waals surface area contributed by atoms with Gasteiger partial charge >= 0.3 is 0 Å². The highest BCUT2D eigenvalue weighted by Gasteiger charge is 2.64. The van der Waals surface area contributed by atoms with Gasteiger partial charge in [-0.2, -0.15) is 0 Å². The summed E-state index contributed by atoms with van der Waals surface area (Å²) < 4.78 is 0. The third-order valence-corrected chi connectivity index (χ3v) is 5.00. The van der Waals surface area contributed by atoms with Crippen molar-refractivity contribution in [1.29, 1.82) is 0 Å². The average molecular weight is 285 g/mol. The van der Waals surface area contributed by atoms with Gasteiger partial charge in [0.15, 0.2) is 0 Å². The lowest BCUT2D eigenvalue weighted by Crippen LogP contribution is -2.39. The molecule has 108 valence electrons. The number of carbonyl (C=O) groups is 3. The van der Waals surface area contributed by atoms with Crippen LogP contribution in [0.2, 0.25) is 0 Å². The Bertz CT molecular complexity index is 645. The van der Waals surface area contributed by atoms with Gasteiger partial charge in [-0.25, -0.2) is 0 Å². The summed E-state index contributed by atoms with van der Waals surface area (Å²) in [5.74, 6) is -1.14. The molecule has 0 radical (unpaired) electrons. The number of likely N-dealkylation sites (tertiary alicyclic amines) is 1. The summed E-state index contributed by atoms with van der Waals surface area (Å²) >= 11 is 0. The largest absolute Gasteiger partial charge is 0.331 e. The number of hydrogen-bond acceptors (Lipinski definition) is 4. The highest BCUT2D eigenvalue weighted by Crippen LogP contribution is 2.52. The number of carbonyl (C=O) groups excluding carboxylic acids is 3. The number of nitrogens with zero attached hydrogens (tertiary/aromatic N) is 3. The number of pyridine rings is 1. The topological polar surface area (TPSA) is 70.6 Å². The maximum atomic E-state index is 12.5. The lowest BCUT2D eigenvalue weighted by Gasteiger charge is -2.28. The van der Waals surface area contributed by atoms with Crippen molar-refractivity contribution >= 4 is 17.7 Å². The van der Waals surface area contributed by atoms with Crippen molar-refractivity contribution < 1.29 is 14.4 Å². The summed E-state index contributed by atoms with van der Waals surface area (Å²) in [5.41, 5.74) is 0.835. The van der Waals surface area contributed by atoms with Crippen molar-refractivity contribution in [1.82, 2.24) is 14.8 Å². The molecule has 1 aromatic rings. The van der Waals surface area contributed by atoms with Crippen LogP contribution in [0, 0.1) is 11.8 Å². The molecule has 6 heteroatoms. The van der Waals surface area contributed by atoms with Crippen LogP contribution in [0.3, 0.4) is 0 Å². The molecule has 1 aromatic heterocycles. The molecule has 0 spiro atoms. The van der Waals surface area contributed by atoms with Crippen molar-refractivity contribution in [3.63, 3.8) is 0 Å². The Hall–Kier alpha value is -2.24. The molecule has 0 bridgehead atoms. The molecule has 3 fully saturated rings. The number of rotatable bonds is 1. The van der Waals surface area contributed by atoms with E-state index in [4.69, 9.17) is 0 Å². The Labute approximate surface area is 121 Å². The van der Waals surface area contributed by atoms with E-state index < -0.39 is 5.92 Å². The van der Waals surface area contributed by atoms with Crippen LogP contribution in [0.25, 0.3) is 0 Å². The standard InChI is InChI=1S/C15H15N3O3/c1-17-14(20)11-9-4-5-10(19)18(9)13(12(11)15(17)21)8-3-2-6-16-7-8/h2-3,6-7,9,11-13H,4-5H2,1H3. The molecule has 3 aliphatic rings. The maximum absolute atomic E-state index is 12.5. The fraction of sp³-hybridized carbons (Fsp3) is 0.467. The van der Waals surface area contributed by atoms with Crippen LogP contribution in [0.4, 0.5) is 0 Å². The molecular formula is C15H15N3O3. The van der Waals surface area contributed by atoms with Crippen molar-refractivity contribution in [3.8, 4) is 0 Å². The highest BCUT2D eigenvalue weighted by atomic mass is 16.2. The Morgan fingerprint density at radius 1 is 1.19 bits per heavy atom. The molecule has 3 amide bonds. The lowest BCUT2D eigenvalue weighted by atomic mass is 9.85. The molecule has 6 nitrogen and oxygen atoms in total. The van der Waals surface area contributed by atoms with E-state index in [0.29, 0.717) is 12.8 Å². The van der Waals surface area contributed by atoms with E-state index in [2.05, 4.69) is 4.98 Å². The number of imide groups is 1. The maximum Gasteiger partial charge on any atom is 0.235 e.